The summed E-state index contributed by atoms with van der Waals surface area (Å²) in [4.78, 5) is 75.5. The Balaban J connectivity index is 1.20. The zero-order valence-electron chi connectivity index (χ0n) is 23.1. The first-order chi connectivity index (χ1) is 21.7. The van der Waals surface area contributed by atoms with Gasteiger partial charge >= 0.3 is 0 Å². The third-order valence-electron chi connectivity index (χ3n) is 7.18. The molecule has 0 radical (unpaired) electrons. The molecular weight excluding hydrogens is 588 g/mol. The third kappa shape index (κ3) is 4.99. The first-order valence-electron chi connectivity index (χ1n) is 13.5. The van der Waals surface area contributed by atoms with Crippen LogP contribution in [0.2, 0.25) is 0 Å². The smallest absolute Gasteiger partial charge is 0.273 e. The van der Waals surface area contributed by atoms with Gasteiger partial charge in [-0.25, -0.2) is 9.80 Å². The first kappa shape index (κ1) is 28.7. The number of hydrogen-bond donors (Lipinski definition) is 0. The molecule has 0 saturated heterocycles. The van der Waals surface area contributed by atoms with Gasteiger partial charge in [0, 0.05) is 18.6 Å². The van der Waals surface area contributed by atoms with E-state index in [0.717, 1.165) is 34.1 Å². The monoisotopic (exact) mass is 608 g/mol. The zero-order chi connectivity index (χ0) is 31.8. The van der Waals surface area contributed by atoms with Crippen LogP contribution < -0.4 is 19.3 Å². The van der Waals surface area contributed by atoms with Gasteiger partial charge in [-0.1, -0.05) is 24.3 Å². The summed E-state index contributed by atoms with van der Waals surface area (Å²) in [6.07, 6.45) is 0.120. The van der Waals surface area contributed by atoms with Gasteiger partial charge in [-0.2, -0.15) is 0 Å². The van der Waals surface area contributed by atoms with Crippen molar-refractivity contribution in [3.63, 3.8) is 0 Å². The van der Waals surface area contributed by atoms with E-state index in [1.54, 1.807) is 24.3 Å². The fourth-order valence-corrected chi connectivity index (χ4v) is 5.07. The van der Waals surface area contributed by atoms with Gasteiger partial charge < -0.3 is 9.47 Å². The maximum atomic E-state index is 13.0. The van der Waals surface area contributed by atoms with Gasteiger partial charge in [0.1, 0.15) is 11.5 Å². The van der Waals surface area contributed by atoms with Crippen molar-refractivity contribution < 1.29 is 38.5 Å². The Hall–Kier alpha value is -6.44. The van der Waals surface area contributed by atoms with Gasteiger partial charge in [0.2, 0.25) is 0 Å². The van der Waals surface area contributed by atoms with Crippen molar-refractivity contribution in [3.8, 4) is 11.5 Å². The van der Waals surface area contributed by atoms with Gasteiger partial charge in [0.05, 0.1) is 68.8 Å². The molecule has 14 nitrogen and oxygen atoms in total. The van der Waals surface area contributed by atoms with Gasteiger partial charge in [0.25, 0.3) is 35.0 Å². The van der Waals surface area contributed by atoms with Crippen molar-refractivity contribution >= 4 is 46.4 Å². The molecule has 0 fully saturated rings. The molecular formula is C31H20N4O10. The number of nitro groups is 2. The lowest BCUT2D eigenvalue weighted by Gasteiger charge is -2.19. The van der Waals surface area contributed by atoms with Gasteiger partial charge in [-0.15, -0.1) is 0 Å². The molecule has 4 aromatic rings. The van der Waals surface area contributed by atoms with Crippen LogP contribution in [0.1, 0.15) is 47.9 Å². The number of nitro benzene ring substituents is 2. The lowest BCUT2D eigenvalue weighted by molar-refractivity contribution is -0.385. The summed E-state index contributed by atoms with van der Waals surface area (Å²) in [5, 5.41) is 22.9. The van der Waals surface area contributed by atoms with E-state index in [1.165, 1.54) is 36.4 Å². The predicted octanol–water partition coefficient (Wildman–Crippen LogP) is 4.95. The highest BCUT2D eigenvalue weighted by atomic mass is 16.6. The van der Waals surface area contributed by atoms with Crippen molar-refractivity contribution in [3.05, 3.63) is 127 Å². The molecule has 2 aliphatic rings. The molecule has 224 valence electrons. The minimum atomic E-state index is -0.648. The van der Waals surface area contributed by atoms with Crippen LogP contribution in [-0.4, -0.2) is 46.7 Å². The van der Waals surface area contributed by atoms with Crippen molar-refractivity contribution in [2.24, 2.45) is 0 Å². The Morgan fingerprint density at radius 3 is 1.18 bits per heavy atom. The fraction of sp³-hybridized carbons (Fsp3) is 0.0968. The third-order valence-corrected chi connectivity index (χ3v) is 7.18. The Morgan fingerprint density at radius 2 is 0.867 bits per heavy atom. The van der Waals surface area contributed by atoms with E-state index in [9.17, 15) is 39.4 Å². The number of amides is 4. The number of hydrogen-bond acceptors (Lipinski definition) is 10. The van der Waals surface area contributed by atoms with E-state index in [0.29, 0.717) is 0 Å². The molecule has 0 N–H and O–H groups in total. The number of anilines is 2. The Bertz CT molecular complexity index is 1750. The van der Waals surface area contributed by atoms with Gasteiger partial charge in [-0.05, 0) is 36.4 Å². The average molecular weight is 609 g/mol. The normalized spacial score (nSPS) is 13.6. The minimum Gasteiger partial charge on any atom is -0.491 e. The summed E-state index contributed by atoms with van der Waals surface area (Å²) >= 11 is 0. The standard InChI is InChI=1S/C31H20N4O10/c36-28-20-6-1-2-7-21(20)29(37)32(28)24-12-10-18(34(40)41)16-26(24)44-14-5-15-45-27-17-19(35(42)43)11-13-25(27)33-30(38)22-8-3-4-9-23(22)31(33)39/h1-4,6-13,16-17H,5,14-15H2. The first-order valence-corrected chi connectivity index (χ1v) is 13.5. The van der Waals surface area contributed by atoms with Crippen LogP contribution in [0.15, 0.2) is 84.9 Å². The highest BCUT2D eigenvalue weighted by Crippen LogP contribution is 2.39. The maximum Gasteiger partial charge on any atom is 0.273 e. The molecule has 0 spiro atoms. The van der Waals surface area contributed by atoms with Gasteiger partial charge in [-0.3, -0.25) is 39.4 Å². The van der Waals surface area contributed by atoms with Crippen molar-refractivity contribution in [1.82, 2.24) is 0 Å². The van der Waals surface area contributed by atoms with Crippen LogP contribution in [0.3, 0.4) is 0 Å². The van der Waals surface area contributed by atoms with E-state index in [2.05, 4.69) is 0 Å². The van der Waals surface area contributed by atoms with Crippen LogP contribution in [-0.2, 0) is 0 Å². The Morgan fingerprint density at radius 1 is 0.533 bits per heavy atom. The Labute approximate surface area is 253 Å². The molecule has 2 heterocycles. The van der Waals surface area contributed by atoms with E-state index >= 15 is 0 Å². The highest BCUT2D eigenvalue weighted by Gasteiger charge is 2.39. The lowest BCUT2D eigenvalue weighted by atomic mass is 10.1. The fourth-order valence-electron chi connectivity index (χ4n) is 5.07. The molecule has 0 aromatic heterocycles. The van der Waals surface area contributed by atoms with Crippen LogP contribution in [0.25, 0.3) is 0 Å². The quantitative estimate of drug-likeness (QED) is 0.103. The van der Waals surface area contributed by atoms with Crippen LogP contribution in [0.5, 0.6) is 11.5 Å². The highest BCUT2D eigenvalue weighted by molar-refractivity contribution is 6.35. The SMILES string of the molecule is O=C1c2ccccc2C(=O)N1c1ccc([N+](=O)[O-])cc1OCCCOc1cc([N+](=O)[O-])ccc1N1C(=O)c2ccccc2C1=O. The number of ether oxygens (including phenoxy) is 2. The Kier molecular flexibility index (Phi) is 7.22. The maximum absolute atomic E-state index is 13.0. The molecule has 0 bridgehead atoms. The molecule has 0 unspecified atom stereocenters. The molecule has 14 heteroatoms. The molecule has 2 aliphatic heterocycles. The summed E-state index contributed by atoms with van der Waals surface area (Å²) < 4.78 is 11.6. The topological polar surface area (TPSA) is 180 Å². The van der Waals surface area contributed by atoms with E-state index in [-0.39, 0.29) is 76.1 Å². The zero-order valence-corrected chi connectivity index (χ0v) is 23.1. The van der Waals surface area contributed by atoms with Crippen LogP contribution in [0, 0.1) is 20.2 Å². The molecule has 0 aliphatic carbocycles. The summed E-state index contributed by atoms with van der Waals surface area (Å²) in [6, 6.07) is 19.5. The second-order valence-corrected chi connectivity index (χ2v) is 9.85. The van der Waals surface area contributed by atoms with Crippen LogP contribution in [0.4, 0.5) is 22.7 Å². The second-order valence-electron chi connectivity index (χ2n) is 9.85. The number of fused-ring (bicyclic) bond motifs is 2. The van der Waals surface area contributed by atoms with Gasteiger partial charge in [0.15, 0.2) is 0 Å². The molecule has 4 amide bonds. The molecule has 6 rings (SSSR count). The molecule has 4 aromatic carbocycles. The van der Waals surface area contributed by atoms with E-state index in [4.69, 9.17) is 9.47 Å². The number of benzene rings is 4. The summed E-state index contributed by atoms with van der Waals surface area (Å²) in [6.45, 7) is -0.233. The number of imide groups is 2. The van der Waals surface area contributed by atoms with E-state index in [1.807, 2.05) is 0 Å². The van der Waals surface area contributed by atoms with Crippen molar-refractivity contribution in [2.45, 2.75) is 6.42 Å². The number of carbonyl (C=O) groups excluding carboxylic acids is 4. The minimum absolute atomic E-state index is 0.0133. The number of rotatable bonds is 10. The second kappa shape index (κ2) is 11.3. The lowest BCUT2D eigenvalue weighted by Crippen LogP contribution is -2.30. The summed E-state index contributed by atoms with van der Waals surface area (Å²) in [5.74, 6) is -2.62. The molecule has 45 heavy (non-hydrogen) atoms. The molecule has 0 saturated carbocycles. The number of carbonyl (C=O) groups is 4. The van der Waals surface area contributed by atoms with Crippen molar-refractivity contribution in [2.75, 3.05) is 23.0 Å². The predicted molar refractivity (Wildman–Crippen MR) is 157 cm³/mol. The molecule has 0 atom stereocenters. The summed E-state index contributed by atoms with van der Waals surface area (Å²) in [7, 11) is 0. The number of nitrogens with zero attached hydrogens (tertiary/aromatic N) is 4. The summed E-state index contributed by atoms with van der Waals surface area (Å²) in [5.41, 5.74) is 0.111. The van der Waals surface area contributed by atoms with E-state index < -0.39 is 33.5 Å². The number of non-ortho nitro benzene ring substituents is 2. The van der Waals surface area contributed by atoms with Crippen molar-refractivity contribution in [1.29, 1.82) is 0 Å². The average Bonchev–Trinajstić information content (AvgIpc) is 3.44. The van der Waals surface area contributed by atoms with Crippen LogP contribution >= 0.6 is 0 Å². The largest absolute Gasteiger partial charge is 0.491 e.